The van der Waals surface area contributed by atoms with Crippen molar-refractivity contribution < 1.29 is 27.5 Å². The molecule has 0 saturated heterocycles. The summed E-state index contributed by atoms with van der Waals surface area (Å²) in [7, 11) is 0. The molecule has 106 valence electrons. The maximum absolute atomic E-state index is 13.8. The Balaban J connectivity index is 2.52. The summed E-state index contributed by atoms with van der Waals surface area (Å²) in [6, 6.07) is 7.61. The average Bonchev–Trinajstić information content (AvgIpc) is 2.38. The number of benzene rings is 1. The fourth-order valence-corrected chi connectivity index (χ4v) is 2.08. The summed E-state index contributed by atoms with van der Waals surface area (Å²) >= 11 is 0. The van der Waals surface area contributed by atoms with Crippen LogP contribution in [0.5, 0.6) is 0 Å². The monoisotopic (exact) mass is 286 g/mol. The minimum atomic E-state index is -5.00. The third-order valence-corrected chi connectivity index (χ3v) is 3.27. The summed E-state index contributed by atoms with van der Waals surface area (Å²) < 4.78 is 53.0. The highest BCUT2D eigenvalue weighted by Crippen LogP contribution is 2.49. The van der Waals surface area contributed by atoms with E-state index in [2.05, 4.69) is 0 Å². The third kappa shape index (κ3) is 2.21. The van der Waals surface area contributed by atoms with Crippen molar-refractivity contribution in [1.29, 1.82) is 0 Å². The molecule has 2 rings (SSSR count). The van der Waals surface area contributed by atoms with Gasteiger partial charge in [0, 0.05) is 6.42 Å². The van der Waals surface area contributed by atoms with Gasteiger partial charge in [0.15, 0.2) is 5.41 Å². The Kier molecular flexibility index (Phi) is 3.41. The number of hydrogen-bond donors (Lipinski definition) is 1. The number of allylic oxidation sites excluding steroid dienone is 3. The van der Waals surface area contributed by atoms with Gasteiger partial charge in [-0.15, -0.1) is 0 Å². The van der Waals surface area contributed by atoms with Crippen LogP contribution in [-0.2, 0) is 4.79 Å². The first kappa shape index (κ1) is 14.3. The number of halogens is 4. The van der Waals surface area contributed by atoms with Crippen molar-refractivity contribution in [2.45, 2.75) is 12.6 Å². The first-order chi connectivity index (χ1) is 9.28. The molecule has 2 nitrogen and oxygen atoms in total. The molecule has 0 saturated carbocycles. The van der Waals surface area contributed by atoms with E-state index in [0.29, 0.717) is 12.2 Å². The van der Waals surface area contributed by atoms with E-state index < -0.39 is 29.8 Å². The molecular weight excluding hydrogens is 276 g/mol. The molecule has 0 aliphatic heterocycles. The molecule has 0 heterocycles. The Bertz CT molecular complexity index is 587. The number of carboxylic acids is 1. The number of carboxylic acid groups (broad SMARTS) is 1. The van der Waals surface area contributed by atoms with Crippen LogP contribution in [0.3, 0.4) is 0 Å². The van der Waals surface area contributed by atoms with Crippen LogP contribution in [0, 0.1) is 5.41 Å². The smallest absolute Gasteiger partial charge is 0.408 e. The van der Waals surface area contributed by atoms with E-state index in [1.165, 1.54) is 12.1 Å². The normalized spacial score (nSPS) is 23.0. The third-order valence-electron chi connectivity index (χ3n) is 3.27. The van der Waals surface area contributed by atoms with E-state index >= 15 is 0 Å². The van der Waals surface area contributed by atoms with Crippen LogP contribution in [-0.4, -0.2) is 17.3 Å². The number of aliphatic carboxylic acids is 1. The molecule has 6 heteroatoms. The van der Waals surface area contributed by atoms with Gasteiger partial charge in [-0.3, -0.25) is 4.79 Å². The van der Waals surface area contributed by atoms with Crippen molar-refractivity contribution in [3.05, 3.63) is 53.9 Å². The topological polar surface area (TPSA) is 37.3 Å². The van der Waals surface area contributed by atoms with Crippen LogP contribution >= 0.6 is 0 Å². The van der Waals surface area contributed by atoms with Gasteiger partial charge in [-0.2, -0.15) is 13.2 Å². The Hall–Kier alpha value is -2.11. The van der Waals surface area contributed by atoms with Gasteiger partial charge in [-0.25, -0.2) is 4.39 Å². The van der Waals surface area contributed by atoms with Crippen molar-refractivity contribution in [2.75, 3.05) is 0 Å². The molecule has 0 fully saturated rings. The van der Waals surface area contributed by atoms with Crippen molar-refractivity contribution in [3.63, 3.8) is 0 Å². The lowest BCUT2D eigenvalue weighted by Gasteiger charge is -2.32. The number of carbonyl (C=O) groups is 1. The van der Waals surface area contributed by atoms with Gasteiger partial charge < -0.3 is 5.11 Å². The van der Waals surface area contributed by atoms with Crippen LogP contribution < -0.4 is 0 Å². The van der Waals surface area contributed by atoms with Crippen LogP contribution in [0.4, 0.5) is 17.6 Å². The second kappa shape index (κ2) is 4.77. The highest BCUT2D eigenvalue weighted by atomic mass is 19.4. The first-order valence-electron chi connectivity index (χ1n) is 5.71. The molecule has 0 bridgehead atoms. The molecule has 0 amide bonds. The largest absolute Gasteiger partial charge is 0.480 e. The molecule has 0 spiro atoms. The number of hydrogen-bond acceptors (Lipinski definition) is 1. The van der Waals surface area contributed by atoms with Gasteiger partial charge >= 0.3 is 12.1 Å². The van der Waals surface area contributed by atoms with Gasteiger partial charge in [0.2, 0.25) is 0 Å². The summed E-state index contributed by atoms with van der Waals surface area (Å²) in [6.07, 6.45) is -5.02. The fourth-order valence-electron chi connectivity index (χ4n) is 2.08. The maximum atomic E-state index is 13.8. The van der Waals surface area contributed by atoms with Crippen LogP contribution in [0.1, 0.15) is 12.0 Å². The summed E-state index contributed by atoms with van der Waals surface area (Å²) in [6.45, 7) is 0. The van der Waals surface area contributed by atoms with Gasteiger partial charge in [0.05, 0.1) is 0 Å². The quantitative estimate of drug-likeness (QED) is 0.835. The molecule has 1 aliphatic carbocycles. The maximum Gasteiger partial charge on any atom is 0.408 e. The highest BCUT2D eigenvalue weighted by Gasteiger charge is 2.60. The summed E-state index contributed by atoms with van der Waals surface area (Å²) in [4.78, 5) is 11.1. The van der Waals surface area contributed by atoms with E-state index in [-0.39, 0.29) is 11.1 Å². The van der Waals surface area contributed by atoms with Crippen molar-refractivity contribution >= 4 is 11.5 Å². The van der Waals surface area contributed by atoms with Gasteiger partial charge in [0.25, 0.3) is 0 Å². The average molecular weight is 286 g/mol. The molecule has 1 atom stereocenters. The zero-order chi connectivity index (χ0) is 15.0. The van der Waals surface area contributed by atoms with Gasteiger partial charge in [0.1, 0.15) is 5.83 Å². The lowest BCUT2D eigenvalue weighted by atomic mass is 9.75. The zero-order valence-corrected chi connectivity index (χ0v) is 10.1. The number of rotatable bonds is 2. The predicted molar refractivity (Wildman–Crippen MR) is 64.4 cm³/mol. The molecule has 1 aliphatic rings. The number of alkyl halides is 3. The van der Waals surface area contributed by atoms with E-state index in [4.69, 9.17) is 5.11 Å². The second-order valence-corrected chi connectivity index (χ2v) is 4.48. The summed E-state index contributed by atoms with van der Waals surface area (Å²) in [5.74, 6) is -2.89. The molecule has 20 heavy (non-hydrogen) atoms. The van der Waals surface area contributed by atoms with E-state index in [1.807, 2.05) is 0 Å². The van der Waals surface area contributed by atoms with Crippen LogP contribution in [0.25, 0.3) is 5.57 Å². The molecule has 1 unspecified atom stereocenters. The molecule has 0 aromatic heterocycles. The minimum absolute atomic E-state index is 0.240. The Morgan fingerprint density at radius 3 is 2.30 bits per heavy atom. The zero-order valence-electron chi connectivity index (χ0n) is 10.1. The lowest BCUT2D eigenvalue weighted by molar-refractivity contribution is -0.216. The summed E-state index contributed by atoms with van der Waals surface area (Å²) in [5, 5.41) is 8.96. The predicted octanol–water partition coefficient (Wildman–Crippen LogP) is 3.96. The standard InChI is InChI=1S/C14H10F4O2/c15-11-6-7-13(12(19)20,14(16,17)18)8-10(11)9-4-2-1-3-5-9/h1-7H,8H2,(H,19,20). The Morgan fingerprint density at radius 1 is 1.20 bits per heavy atom. The first-order valence-corrected chi connectivity index (χ1v) is 5.71. The van der Waals surface area contributed by atoms with Crippen molar-refractivity contribution in [1.82, 2.24) is 0 Å². The minimum Gasteiger partial charge on any atom is -0.480 e. The molecular formula is C14H10F4O2. The van der Waals surface area contributed by atoms with E-state index in [0.717, 1.165) is 0 Å². The molecule has 1 aromatic carbocycles. The van der Waals surface area contributed by atoms with Gasteiger partial charge in [-0.1, -0.05) is 36.4 Å². The molecule has 1 N–H and O–H groups in total. The van der Waals surface area contributed by atoms with Crippen LogP contribution in [0.2, 0.25) is 0 Å². The molecule has 0 radical (unpaired) electrons. The fraction of sp³-hybridized carbons (Fsp3) is 0.214. The van der Waals surface area contributed by atoms with E-state index in [1.54, 1.807) is 18.2 Å². The summed E-state index contributed by atoms with van der Waals surface area (Å²) in [5.41, 5.74) is -3.11. The highest BCUT2D eigenvalue weighted by molar-refractivity contribution is 5.85. The van der Waals surface area contributed by atoms with Crippen molar-refractivity contribution in [2.24, 2.45) is 5.41 Å². The van der Waals surface area contributed by atoms with Crippen molar-refractivity contribution in [3.8, 4) is 0 Å². The van der Waals surface area contributed by atoms with Gasteiger partial charge in [-0.05, 0) is 17.2 Å². The Morgan fingerprint density at radius 2 is 1.80 bits per heavy atom. The SMILES string of the molecule is O=C(O)C1(C(F)(F)F)C=CC(F)=C(c2ccccc2)C1. The Labute approximate surface area is 112 Å². The van der Waals surface area contributed by atoms with Crippen LogP contribution in [0.15, 0.2) is 48.3 Å². The lowest BCUT2D eigenvalue weighted by Crippen LogP contribution is -2.44. The second-order valence-electron chi connectivity index (χ2n) is 4.48. The van der Waals surface area contributed by atoms with E-state index in [9.17, 15) is 22.4 Å². The molecule has 1 aromatic rings.